The van der Waals surface area contributed by atoms with Gasteiger partial charge in [0, 0.05) is 16.2 Å². The van der Waals surface area contributed by atoms with Gasteiger partial charge in [-0.05, 0) is 99.2 Å². The molecule has 0 fully saturated rings. The topological polar surface area (TPSA) is 4.93 Å². The molecule has 1 aliphatic rings. The molecule has 0 saturated carbocycles. The van der Waals surface area contributed by atoms with Crippen LogP contribution < -0.4 is 0 Å². The van der Waals surface area contributed by atoms with Crippen LogP contribution in [0, 0.1) is 0 Å². The minimum atomic E-state index is 1.00. The van der Waals surface area contributed by atoms with E-state index in [1.165, 1.54) is 82.8 Å². The Balaban J connectivity index is 1.15. The zero-order valence-corrected chi connectivity index (χ0v) is 26.1. The first kappa shape index (κ1) is 27.4. The summed E-state index contributed by atoms with van der Waals surface area (Å²) in [5.41, 5.74) is 14.1. The van der Waals surface area contributed by atoms with E-state index in [2.05, 4.69) is 181 Å². The van der Waals surface area contributed by atoms with Crippen LogP contribution >= 0.6 is 0 Å². The zero-order chi connectivity index (χ0) is 31.2. The van der Waals surface area contributed by atoms with Crippen molar-refractivity contribution in [2.45, 2.75) is 12.8 Å². The highest BCUT2D eigenvalue weighted by atomic mass is 15.0. The fourth-order valence-corrected chi connectivity index (χ4v) is 7.45. The summed E-state index contributed by atoms with van der Waals surface area (Å²) >= 11 is 0. The number of fused-ring (bicyclic) bond motifs is 4. The second-order valence-corrected chi connectivity index (χ2v) is 12.5. The third-order valence-electron chi connectivity index (χ3n) is 9.74. The zero-order valence-electron chi connectivity index (χ0n) is 26.1. The molecule has 0 radical (unpaired) electrons. The molecule has 0 saturated heterocycles. The van der Waals surface area contributed by atoms with Crippen molar-refractivity contribution in [2.24, 2.45) is 0 Å². The van der Waals surface area contributed by atoms with Gasteiger partial charge >= 0.3 is 0 Å². The summed E-state index contributed by atoms with van der Waals surface area (Å²) in [7, 11) is 0. The van der Waals surface area contributed by atoms with Crippen LogP contribution in [-0.4, -0.2) is 4.57 Å². The number of hydrogen-bond donors (Lipinski definition) is 0. The van der Waals surface area contributed by atoms with E-state index in [1.807, 2.05) is 0 Å². The van der Waals surface area contributed by atoms with E-state index in [0.717, 1.165) is 12.8 Å². The number of nitrogens with zero attached hydrogens (tertiary/aromatic N) is 1. The molecule has 7 aromatic carbocycles. The highest BCUT2D eigenvalue weighted by Crippen LogP contribution is 2.40. The maximum absolute atomic E-state index is 2.44. The van der Waals surface area contributed by atoms with Crippen molar-refractivity contribution in [1.82, 2.24) is 4.57 Å². The van der Waals surface area contributed by atoms with Crippen LogP contribution in [-0.2, 0) is 0 Å². The third kappa shape index (κ3) is 4.80. The maximum atomic E-state index is 2.44. The third-order valence-corrected chi connectivity index (χ3v) is 9.74. The highest BCUT2D eigenvalue weighted by Gasteiger charge is 2.18. The lowest BCUT2D eigenvalue weighted by atomic mass is 9.86. The van der Waals surface area contributed by atoms with Gasteiger partial charge in [0.1, 0.15) is 0 Å². The lowest BCUT2D eigenvalue weighted by Gasteiger charge is -2.20. The van der Waals surface area contributed by atoms with Crippen molar-refractivity contribution in [1.29, 1.82) is 0 Å². The van der Waals surface area contributed by atoms with Crippen molar-refractivity contribution in [3.8, 4) is 27.9 Å². The molecule has 1 nitrogen and oxygen atoms in total. The average molecular weight is 600 g/mol. The SMILES string of the molecule is C1=C(c2cc(-c3ccccc3)cc(-c3ccccc3)c2)CCC(c2ccc(-n3c4ccccc4c4ccccc43)c3ccccc23)=C1. The van der Waals surface area contributed by atoms with E-state index < -0.39 is 0 Å². The van der Waals surface area contributed by atoms with Gasteiger partial charge in [-0.15, -0.1) is 0 Å². The first-order valence-corrected chi connectivity index (χ1v) is 16.5. The summed E-state index contributed by atoms with van der Waals surface area (Å²) in [6.45, 7) is 0. The number of hydrogen-bond acceptors (Lipinski definition) is 0. The van der Waals surface area contributed by atoms with Gasteiger partial charge in [-0.25, -0.2) is 0 Å². The molecule has 0 bridgehead atoms. The standard InChI is InChI=1S/C46H33N/c1-3-13-32(14-4-1)36-29-37(33-15-5-2-6-16-33)31-38(30-36)34-23-25-35(26-24-34)39-27-28-46(41-18-8-7-17-40(39)41)47-44-21-11-9-19-42(44)43-20-10-12-22-45(43)47/h1-23,25,27-31H,24,26H2. The summed E-state index contributed by atoms with van der Waals surface area (Å²) in [6.07, 6.45) is 6.72. The first-order valence-electron chi connectivity index (χ1n) is 16.5. The van der Waals surface area contributed by atoms with Gasteiger partial charge in [-0.2, -0.15) is 0 Å². The summed E-state index contributed by atoms with van der Waals surface area (Å²) in [4.78, 5) is 0. The molecule has 0 unspecified atom stereocenters. The molecule has 0 aliphatic heterocycles. The average Bonchev–Trinajstić information content (AvgIpc) is 3.49. The normalized spacial score (nSPS) is 13.2. The van der Waals surface area contributed by atoms with E-state index in [9.17, 15) is 0 Å². The molecule has 222 valence electrons. The second-order valence-electron chi connectivity index (χ2n) is 12.5. The van der Waals surface area contributed by atoms with Crippen LogP contribution in [0.2, 0.25) is 0 Å². The lowest BCUT2D eigenvalue weighted by molar-refractivity contribution is 1.07. The van der Waals surface area contributed by atoms with Crippen LogP contribution in [0.15, 0.2) is 176 Å². The fraction of sp³-hybridized carbons (Fsp3) is 0.0435. The van der Waals surface area contributed by atoms with Gasteiger partial charge in [0.2, 0.25) is 0 Å². The predicted molar refractivity (Wildman–Crippen MR) is 201 cm³/mol. The minimum Gasteiger partial charge on any atom is -0.309 e. The Bertz CT molecular complexity index is 2380. The van der Waals surface area contributed by atoms with Crippen LogP contribution in [0.3, 0.4) is 0 Å². The quantitative estimate of drug-likeness (QED) is 0.185. The molecule has 0 N–H and O–H groups in total. The molecule has 8 aromatic rings. The Morgan fingerprint density at radius 2 is 0.809 bits per heavy atom. The Hall–Kier alpha value is -5.92. The number of benzene rings is 7. The molecule has 0 atom stereocenters. The fourth-order valence-electron chi connectivity index (χ4n) is 7.45. The number of allylic oxidation sites excluding steroid dienone is 4. The van der Waals surface area contributed by atoms with Gasteiger partial charge in [0.15, 0.2) is 0 Å². The van der Waals surface area contributed by atoms with Gasteiger partial charge in [-0.3, -0.25) is 0 Å². The van der Waals surface area contributed by atoms with Crippen LogP contribution in [0.4, 0.5) is 0 Å². The van der Waals surface area contributed by atoms with Crippen molar-refractivity contribution in [3.05, 3.63) is 187 Å². The Morgan fingerprint density at radius 3 is 1.38 bits per heavy atom. The lowest BCUT2D eigenvalue weighted by Crippen LogP contribution is -1.99. The molecule has 0 spiro atoms. The summed E-state index contributed by atoms with van der Waals surface area (Å²) in [5.74, 6) is 0. The van der Waals surface area contributed by atoms with E-state index in [-0.39, 0.29) is 0 Å². The smallest absolute Gasteiger partial charge is 0.0541 e. The van der Waals surface area contributed by atoms with Crippen molar-refractivity contribution in [3.63, 3.8) is 0 Å². The highest BCUT2D eigenvalue weighted by molar-refractivity contribution is 6.11. The van der Waals surface area contributed by atoms with Crippen molar-refractivity contribution in [2.75, 3.05) is 0 Å². The molecule has 1 aliphatic carbocycles. The molecule has 9 rings (SSSR count). The van der Waals surface area contributed by atoms with Gasteiger partial charge in [-0.1, -0.05) is 140 Å². The van der Waals surface area contributed by atoms with Crippen molar-refractivity contribution >= 4 is 43.7 Å². The monoisotopic (exact) mass is 599 g/mol. The van der Waals surface area contributed by atoms with E-state index in [0.29, 0.717) is 0 Å². The Labute approximate surface area is 275 Å². The van der Waals surface area contributed by atoms with Gasteiger partial charge < -0.3 is 4.57 Å². The van der Waals surface area contributed by atoms with Crippen molar-refractivity contribution < 1.29 is 0 Å². The molecule has 1 aromatic heterocycles. The largest absolute Gasteiger partial charge is 0.309 e. The Morgan fingerprint density at radius 1 is 0.340 bits per heavy atom. The van der Waals surface area contributed by atoms with Crippen LogP contribution in [0.1, 0.15) is 24.0 Å². The van der Waals surface area contributed by atoms with Crippen LogP contribution in [0.25, 0.3) is 71.7 Å². The minimum absolute atomic E-state index is 1.00. The molecule has 1 heteroatoms. The van der Waals surface area contributed by atoms with E-state index in [1.54, 1.807) is 0 Å². The summed E-state index contributed by atoms with van der Waals surface area (Å²) < 4.78 is 2.44. The second kappa shape index (κ2) is 11.5. The number of aromatic nitrogens is 1. The van der Waals surface area contributed by atoms with Crippen LogP contribution in [0.5, 0.6) is 0 Å². The first-order chi connectivity index (χ1) is 23.3. The van der Waals surface area contributed by atoms with Gasteiger partial charge in [0.05, 0.1) is 16.7 Å². The molecular formula is C46H33N. The molecule has 1 heterocycles. The molecular weight excluding hydrogens is 567 g/mol. The summed E-state index contributed by atoms with van der Waals surface area (Å²) in [5, 5.41) is 5.15. The van der Waals surface area contributed by atoms with E-state index in [4.69, 9.17) is 0 Å². The maximum Gasteiger partial charge on any atom is 0.0541 e. The number of rotatable bonds is 5. The molecule has 47 heavy (non-hydrogen) atoms. The van der Waals surface area contributed by atoms with E-state index >= 15 is 0 Å². The molecule has 0 amide bonds. The number of para-hydroxylation sites is 2. The summed E-state index contributed by atoms with van der Waals surface area (Å²) in [6, 6.07) is 59.6. The van der Waals surface area contributed by atoms with Gasteiger partial charge in [0.25, 0.3) is 0 Å². The Kier molecular flexibility index (Phi) is 6.68. The predicted octanol–water partition coefficient (Wildman–Crippen LogP) is 12.5.